The molecule has 4 aromatic heterocycles. The van der Waals surface area contributed by atoms with E-state index in [1.807, 2.05) is 60.1 Å². The number of hydrogen-bond acceptors (Lipinski definition) is 9. The van der Waals surface area contributed by atoms with Gasteiger partial charge >= 0.3 is 0 Å². The predicted molar refractivity (Wildman–Crippen MR) is 166 cm³/mol. The van der Waals surface area contributed by atoms with Crippen LogP contribution in [0.2, 0.25) is 0 Å². The summed E-state index contributed by atoms with van der Waals surface area (Å²) in [5.74, 6) is 1.97. The number of halogens is 2. The second-order valence-electron chi connectivity index (χ2n) is 8.10. The Hall–Kier alpha value is -3.21. The van der Waals surface area contributed by atoms with E-state index in [0.29, 0.717) is 11.6 Å². The van der Waals surface area contributed by atoms with Gasteiger partial charge < -0.3 is 10.1 Å². The molecule has 4 heterocycles. The molecule has 6 rings (SSSR count). The van der Waals surface area contributed by atoms with Gasteiger partial charge in [-0.2, -0.15) is 0 Å². The van der Waals surface area contributed by atoms with Gasteiger partial charge in [-0.1, -0.05) is 60.3 Å². The molecule has 0 aliphatic heterocycles. The fourth-order valence-corrected chi connectivity index (χ4v) is 6.25. The summed E-state index contributed by atoms with van der Waals surface area (Å²) >= 11 is 4.74. The largest absolute Gasteiger partial charge is 0.453 e. The van der Waals surface area contributed by atoms with E-state index in [0.717, 1.165) is 49.6 Å². The second-order valence-corrected chi connectivity index (χ2v) is 10.9. The van der Waals surface area contributed by atoms with Crippen molar-refractivity contribution in [3.05, 3.63) is 107 Å². The van der Waals surface area contributed by atoms with Gasteiger partial charge in [0.15, 0.2) is 16.7 Å². The summed E-state index contributed by atoms with van der Waals surface area (Å²) in [6.45, 7) is 0. The van der Waals surface area contributed by atoms with Gasteiger partial charge in [0, 0.05) is 22.5 Å². The molecule has 0 atom stereocenters. The molecule has 6 nitrogen and oxygen atoms in total. The van der Waals surface area contributed by atoms with Crippen molar-refractivity contribution in [1.29, 1.82) is 0 Å². The second kappa shape index (κ2) is 13.7. The number of ether oxygens (including phenoxy) is 1. The number of aryl methyl sites for hydroxylation is 2. The summed E-state index contributed by atoms with van der Waals surface area (Å²) in [5.41, 5.74) is 3.31. The van der Waals surface area contributed by atoms with Crippen LogP contribution >= 0.6 is 59.2 Å². The van der Waals surface area contributed by atoms with Crippen LogP contribution in [0.25, 0.3) is 10.2 Å². The maximum atomic E-state index is 6.25. The van der Waals surface area contributed by atoms with Crippen molar-refractivity contribution >= 4 is 80.4 Å². The number of pyridine rings is 1. The smallest absolute Gasteiger partial charge is 0.188 e. The van der Waals surface area contributed by atoms with Crippen molar-refractivity contribution in [1.82, 2.24) is 19.9 Å². The van der Waals surface area contributed by atoms with Crippen molar-refractivity contribution in [3.8, 4) is 11.5 Å². The lowest BCUT2D eigenvalue weighted by Crippen LogP contribution is -1.98. The Bertz CT molecular complexity index is 1630. The Labute approximate surface area is 250 Å². The first-order valence-electron chi connectivity index (χ1n) is 11.6. The zero-order valence-corrected chi connectivity index (χ0v) is 24.5. The highest BCUT2D eigenvalue weighted by Crippen LogP contribution is 2.38. The summed E-state index contributed by atoms with van der Waals surface area (Å²) < 4.78 is 7.31. The summed E-state index contributed by atoms with van der Waals surface area (Å²) in [6.07, 6.45) is 5.27. The molecule has 39 heavy (non-hydrogen) atoms. The number of aromatic nitrogens is 4. The van der Waals surface area contributed by atoms with Crippen molar-refractivity contribution < 1.29 is 4.74 Å². The lowest BCUT2D eigenvalue weighted by atomic mass is 10.1. The van der Waals surface area contributed by atoms with E-state index in [9.17, 15) is 0 Å². The average Bonchev–Trinajstić information content (AvgIpc) is 3.60. The molecule has 2 aromatic carbocycles. The number of thiazole rings is 1. The molecule has 0 saturated heterocycles. The van der Waals surface area contributed by atoms with Gasteiger partial charge in [0.25, 0.3) is 0 Å². The summed E-state index contributed by atoms with van der Waals surface area (Å²) in [4.78, 5) is 19.2. The molecule has 11 heteroatoms. The Kier molecular flexibility index (Phi) is 10.1. The van der Waals surface area contributed by atoms with E-state index in [1.54, 1.807) is 40.8 Å². The van der Waals surface area contributed by atoms with Crippen LogP contribution in [0.5, 0.6) is 11.5 Å². The number of fused-ring (bicyclic) bond motifs is 1. The lowest BCUT2D eigenvalue weighted by Gasteiger charge is -2.12. The van der Waals surface area contributed by atoms with Crippen molar-refractivity contribution in [3.63, 3.8) is 0 Å². The first kappa shape index (κ1) is 28.8. The zero-order chi connectivity index (χ0) is 24.9. The Balaban J connectivity index is 0.00000176. The Morgan fingerprint density at radius 2 is 1.64 bits per heavy atom. The highest BCUT2D eigenvalue weighted by atomic mass is 35.5. The minimum Gasteiger partial charge on any atom is -0.453 e. The average molecular weight is 613 g/mol. The van der Waals surface area contributed by atoms with E-state index in [4.69, 9.17) is 14.7 Å². The monoisotopic (exact) mass is 611 g/mol. The maximum Gasteiger partial charge on any atom is 0.188 e. The van der Waals surface area contributed by atoms with E-state index < -0.39 is 0 Å². The van der Waals surface area contributed by atoms with Gasteiger partial charge in [0.1, 0.15) is 17.1 Å². The number of thiophene rings is 1. The number of nitrogens with zero attached hydrogens (tertiary/aromatic N) is 4. The van der Waals surface area contributed by atoms with Crippen LogP contribution in [0.1, 0.15) is 11.3 Å². The van der Waals surface area contributed by atoms with Gasteiger partial charge in [0.05, 0.1) is 15.9 Å². The van der Waals surface area contributed by atoms with Crippen molar-refractivity contribution in [2.45, 2.75) is 22.8 Å². The SMILES string of the molecule is Cl.Cl.c1ccc(CCc2csc(Nc3ncc(Sc4ncnc5ccsc45)cc3Oc3ccccc3)n2)cc1. The van der Waals surface area contributed by atoms with Gasteiger partial charge in [0.2, 0.25) is 0 Å². The van der Waals surface area contributed by atoms with Crippen LogP contribution < -0.4 is 10.1 Å². The standard InChI is InChI=1S/C28H21N5OS3.2ClH/c1-3-7-19(8-4-1)11-12-20-17-36-28(32-20)33-26-24(34-21-9-5-2-6-10-21)15-22(16-29-26)37-27-25-23(13-14-35-25)30-18-31-27;;/h1-10,13-18H,11-12H2,(H,29,32,33);2*1H. The molecule has 0 radical (unpaired) electrons. The summed E-state index contributed by atoms with van der Waals surface area (Å²) in [5, 5.41) is 9.17. The van der Waals surface area contributed by atoms with Crippen molar-refractivity contribution in [2.24, 2.45) is 0 Å². The maximum absolute atomic E-state index is 6.25. The zero-order valence-electron chi connectivity index (χ0n) is 20.4. The van der Waals surface area contributed by atoms with Crippen LogP contribution in [0.4, 0.5) is 10.9 Å². The van der Waals surface area contributed by atoms with E-state index >= 15 is 0 Å². The lowest BCUT2D eigenvalue weighted by molar-refractivity contribution is 0.481. The first-order chi connectivity index (χ1) is 18.3. The molecule has 0 saturated carbocycles. The quantitative estimate of drug-likeness (QED) is 0.164. The predicted octanol–water partition coefficient (Wildman–Crippen LogP) is 8.86. The third-order valence-corrected chi connectivity index (χ3v) is 8.32. The third kappa shape index (κ3) is 7.26. The van der Waals surface area contributed by atoms with E-state index in [2.05, 4.69) is 44.9 Å². The fraction of sp³-hybridized carbons (Fsp3) is 0.0714. The molecule has 1 N–H and O–H groups in total. The van der Waals surface area contributed by atoms with Crippen LogP contribution in [0.3, 0.4) is 0 Å². The minimum atomic E-state index is 0. The molecule has 0 aliphatic rings. The molecule has 0 bridgehead atoms. The molecule has 0 fully saturated rings. The molecular formula is C28H23Cl2N5OS3. The fourth-order valence-electron chi connectivity index (χ4n) is 3.72. The summed E-state index contributed by atoms with van der Waals surface area (Å²) in [6, 6.07) is 24.2. The summed E-state index contributed by atoms with van der Waals surface area (Å²) in [7, 11) is 0. The van der Waals surface area contributed by atoms with Crippen LogP contribution in [0.15, 0.2) is 106 Å². The molecule has 0 aliphatic carbocycles. The number of para-hydroxylation sites is 1. The van der Waals surface area contributed by atoms with Gasteiger partial charge in [-0.3, -0.25) is 0 Å². The topological polar surface area (TPSA) is 72.8 Å². The number of benzene rings is 2. The van der Waals surface area contributed by atoms with Crippen molar-refractivity contribution in [2.75, 3.05) is 5.32 Å². The van der Waals surface area contributed by atoms with E-state index in [-0.39, 0.29) is 24.8 Å². The Morgan fingerprint density at radius 3 is 2.46 bits per heavy atom. The van der Waals surface area contributed by atoms with Crippen LogP contribution in [-0.4, -0.2) is 19.9 Å². The van der Waals surface area contributed by atoms with Gasteiger partial charge in [-0.05, 0) is 42.0 Å². The third-order valence-electron chi connectivity index (χ3n) is 5.51. The van der Waals surface area contributed by atoms with Gasteiger partial charge in [-0.15, -0.1) is 47.5 Å². The molecule has 0 spiro atoms. The highest BCUT2D eigenvalue weighted by molar-refractivity contribution is 7.99. The van der Waals surface area contributed by atoms with Crippen LogP contribution in [-0.2, 0) is 12.8 Å². The molecule has 0 amide bonds. The molecular weight excluding hydrogens is 589 g/mol. The normalized spacial score (nSPS) is 10.5. The minimum absolute atomic E-state index is 0. The molecule has 0 unspecified atom stereocenters. The van der Waals surface area contributed by atoms with E-state index in [1.165, 1.54) is 5.56 Å². The Morgan fingerprint density at radius 1 is 0.846 bits per heavy atom. The number of rotatable bonds is 9. The van der Waals surface area contributed by atoms with Gasteiger partial charge in [-0.25, -0.2) is 19.9 Å². The number of nitrogens with one attached hydrogen (secondary N) is 1. The highest BCUT2D eigenvalue weighted by Gasteiger charge is 2.14. The molecule has 198 valence electrons. The first-order valence-corrected chi connectivity index (χ1v) is 14.2. The number of anilines is 2. The number of hydrogen-bond donors (Lipinski definition) is 1. The molecule has 6 aromatic rings. The van der Waals surface area contributed by atoms with Crippen LogP contribution in [0, 0.1) is 0 Å².